The summed E-state index contributed by atoms with van der Waals surface area (Å²) in [5, 5.41) is 2.36. The van der Waals surface area contributed by atoms with E-state index in [1.807, 2.05) is 26.0 Å². The second-order valence-corrected chi connectivity index (χ2v) is 7.45. The molecule has 144 valence electrons. The monoisotopic (exact) mass is 398 g/mol. The maximum atomic E-state index is 13.0. The predicted molar refractivity (Wildman–Crippen MR) is 107 cm³/mol. The molecule has 0 saturated carbocycles. The van der Waals surface area contributed by atoms with Gasteiger partial charge < -0.3 is 5.32 Å². The molecule has 0 unspecified atom stereocenters. The van der Waals surface area contributed by atoms with E-state index < -0.39 is 5.91 Å². The molecule has 0 spiro atoms. The first-order valence-corrected chi connectivity index (χ1v) is 9.53. The van der Waals surface area contributed by atoms with Crippen LogP contribution in [0.15, 0.2) is 47.4 Å². The number of thioether (sulfide) groups is 1. The molecule has 3 amide bonds. The summed E-state index contributed by atoms with van der Waals surface area (Å²) in [4.78, 5) is 38.3. The molecule has 1 aliphatic heterocycles. The van der Waals surface area contributed by atoms with Crippen molar-refractivity contribution >= 4 is 34.9 Å². The SMILES string of the molecule is Cc1ccc(C)c(C(=O)NCCN2C(=O)S/C(=C/c3ccc(F)cc3)C2=O)c1. The van der Waals surface area contributed by atoms with Gasteiger partial charge in [0.05, 0.1) is 4.91 Å². The Bertz CT molecular complexity index is 970. The number of nitrogens with zero attached hydrogens (tertiary/aromatic N) is 1. The number of nitrogens with one attached hydrogen (secondary N) is 1. The lowest BCUT2D eigenvalue weighted by atomic mass is 10.1. The molecule has 0 bridgehead atoms. The van der Waals surface area contributed by atoms with Crippen LogP contribution in [0.25, 0.3) is 6.08 Å². The third-order valence-electron chi connectivity index (χ3n) is 4.30. The van der Waals surface area contributed by atoms with E-state index in [-0.39, 0.29) is 35.0 Å². The van der Waals surface area contributed by atoms with Crippen LogP contribution in [-0.2, 0) is 4.79 Å². The van der Waals surface area contributed by atoms with Crippen LogP contribution >= 0.6 is 11.8 Å². The molecular formula is C21H19FN2O3S. The number of aryl methyl sites for hydroxylation is 2. The molecule has 3 rings (SSSR count). The highest BCUT2D eigenvalue weighted by Crippen LogP contribution is 2.31. The Morgan fingerprint density at radius 1 is 1.14 bits per heavy atom. The number of carbonyl (C=O) groups is 3. The molecule has 28 heavy (non-hydrogen) atoms. The van der Waals surface area contributed by atoms with E-state index in [9.17, 15) is 18.8 Å². The molecule has 2 aromatic rings. The van der Waals surface area contributed by atoms with Gasteiger partial charge in [0.2, 0.25) is 0 Å². The zero-order valence-electron chi connectivity index (χ0n) is 15.5. The molecule has 2 aromatic carbocycles. The van der Waals surface area contributed by atoms with E-state index in [0.29, 0.717) is 11.1 Å². The summed E-state index contributed by atoms with van der Waals surface area (Å²) < 4.78 is 13.0. The van der Waals surface area contributed by atoms with E-state index >= 15 is 0 Å². The Labute approximate surface area is 166 Å². The normalized spacial score (nSPS) is 15.4. The third-order valence-corrected chi connectivity index (χ3v) is 5.21. The zero-order chi connectivity index (χ0) is 20.3. The van der Waals surface area contributed by atoms with E-state index in [0.717, 1.165) is 27.8 Å². The fourth-order valence-electron chi connectivity index (χ4n) is 2.76. The van der Waals surface area contributed by atoms with Gasteiger partial charge in [-0.25, -0.2) is 4.39 Å². The van der Waals surface area contributed by atoms with E-state index in [4.69, 9.17) is 0 Å². The first-order chi connectivity index (χ1) is 13.3. The molecular weight excluding hydrogens is 379 g/mol. The predicted octanol–water partition coefficient (Wildman–Crippen LogP) is 3.91. The quantitative estimate of drug-likeness (QED) is 0.776. The summed E-state index contributed by atoms with van der Waals surface area (Å²) >= 11 is 0.833. The number of carbonyl (C=O) groups excluding carboxylic acids is 3. The third kappa shape index (κ3) is 4.48. The van der Waals surface area contributed by atoms with Crippen molar-refractivity contribution in [3.63, 3.8) is 0 Å². The van der Waals surface area contributed by atoms with Gasteiger partial charge in [-0.1, -0.05) is 29.8 Å². The molecule has 1 heterocycles. The molecule has 0 aromatic heterocycles. The highest BCUT2D eigenvalue weighted by atomic mass is 32.2. The summed E-state index contributed by atoms with van der Waals surface area (Å²) in [5.74, 6) is -1.03. The highest BCUT2D eigenvalue weighted by molar-refractivity contribution is 8.18. The van der Waals surface area contributed by atoms with Gasteiger partial charge in [-0.15, -0.1) is 0 Å². The van der Waals surface area contributed by atoms with Gasteiger partial charge in [-0.3, -0.25) is 19.3 Å². The van der Waals surface area contributed by atoms with Crippen molar-refractivity contribution in [1.29, 1.82) is 0 Å². The van der Waals surface area contributed by atoms with Crippen molar-refractivity contribution in [2.75, 3.05) is 13.1 Å². The fourth-order valence-corrected chi connectivity index (χ4v) is 3.63. The number of halogens is 1. The van der Waals surface area contributed by atoms with Crippen LogP contribution in [0.5, 0.6) is 0 Å². The summed E-state index contributed by atoms with van der Waals surface area (Å²) in [6.45, 7) is 4.01. The molecule has 1 aliphatic rings. The second-order valence-electron chi connectivity index (χ2n) is 6.46. The minimum absolute atomic E-state index is 0.0853. The van der Waals surface area contributed by atoms with Crippen LogP contribution in [0.4, 0.5) is 9.18 Å². The average Bonchev–Trinajstić information content (AvgIpc) is 2.92. The zero-order valence-corrected chi connectivity index (χ0v) is 16.3. The molecule has 1 N–H and O–H groups in total. The molecule has 1 fully saturated rings. The van der Waals surface area contributed by atoms with Crippen molar-refractivity contribution in [1.82, 2.24) is 10.2 Å². The largest absolute Gasteiger partial charge is 0.350 e. The Morgan fingerprint density at radius 3 is 2.57 bits per heavy atom. The lowest BCUT2D eigenvalue weighted by molar-refractivity contribution is -0.122. The van der Waals surface area contributed by atoms with Gasteiger partial charge >= 0.3 is 0 Å². The van der Waals surface area contributed by atoms with E-state index in [1.54, 1.807) is 12.1 Å². The van der Waals surface area contributed by atoms with Crippen LogP contribution in [0, 0.1) is 19.7 Å². The highest BCUT2D eigenvalue weighted by Gasteiger charge is 2.34. The van der Waals surface area contributed by atoms with Gasteiger partial charge in [0, 0.05) is 18.7 Å². The first kappa shape index (κ1) is 19.8. The summed E-state index contributed by atoms with van der Waals surface area (Å²) in [7, 11) is 0. The van der Waals surface area contributed by atoms with Crippen molar-refractivity contribution in [3.8, 4) is 0 Å². The van der Waals surface area contributed by atoms with Crippen molar-refractivity contribution in [2.24, 2.45) is 0 Å². The minimum Gasteiger partial charge on any atom is -0.350 e. The summed E-state index contributed by atoms with van der Waals surface area (Å²) in [6, 6.07) is 11.3. The van der Waals surface area contributed by atoms with E-state index in [2.05, 4.69) is 5.32 Å². The van der Waals surface area contributed by atoms with E-state index in [1.165, 1.54) is 24.3 Å². The molecule has 0 aliphatic carbocycles. The van der Waals surface area contributed by atoms with Gasteiger partial charge in [-0.2, -0.15) is 0 Å². The maximum Gasteiger partial charge on any atom is 0.293 e. The van der Waals surface area contributed by atoms with Gasteiger partial charge in [0.25, 0.3) is 17.1 Å². The van der Waals surface area contributed by atoms with Crippen LogP contribution < -0.4 is 5.32 Å². The minimum atomic E-state index is -0.416. The summed E-state index contributed by atoms with van der Waals surface area (Å²) in [6.07, 6.45) is 1.55. The Balaban J connectivity index is 1.61. The number of rotatable bonds is 5. The Morgan fingerprint density at radius 2 is 1.86 bits per heavy atom. The fraction of sp³-hybridized carbons (Fsp3) is 0.190. The van der Waals surface area contributed by atoms with Crippen LogP contribution in [0.3, 0.4) is 0 Å². The maximum absolute atomic E-state index is 13.0. The standard InChI is InChI=1S/C21H19FN2O3S/c1-13-3-4-14(2)17(11-13)19(25)23-9-10-24-20(26)18(28-21(24)27)12-15-5-7-16(22)8-6-15/h3-8,11-12H,9-10H2,1-2H3,(H,23,25)/b18-12+. The van der Waals surface area contributed by atoms with Crippen LogP contribution in [0.2, 0.25) is 0 Å². The van der Waals surface area contributed by atoms with Gasteiger partial charge in [-0.05, 0) is 61.0 Å². The number of imide groups is 1. The second kappa shape index (κ2) is 8.39. The number of hydrogen-bond donors (Lipinski definition) is 1. The molecule has 0 atom stereocenters. The Kier molecular flexibility index (Phi) is 5.94. The van der Waals surface area contributed by atoms with Gasteiger partial charge in [0.15, 0.2) is 0 Å². The van der Waals surface area contributed by atoms with Crippen molar-refractivity contribution in [3.05, 3.63) is 75.4 Å². The molecule has 5 nitrogen and oxygen atoms in total. The summed E-state index contributed by atoms with van der Waals surface area (Å²) in [5.41, 5.74) is 3.05. The van der Waals surface area contributed by atoms with Crippen molar-refractivity contribution in [2.45, 2.75) is 13.8 Å². The molecule has 0 radical (unpaired) electrons. The van der Waals surface area contributed by atoms with Crippen LogP contribution in [-0.4, -0.2) is 35.0 Å². The lowest BCUT2D eigenvalue weighted by Gasteiger charge is -2.13. The molecule has 7 heteroatoms. The number of benzene rings is 2. The topological polar surface area (TPSA) is 66.5 Å². The van der Waals surface area contributed by atoms with Gasteiger partial charge in [0.1, 0.15) is 5.82 Å². The van der Waals surface area contributed by atoms with Crippen molar-refractivity contribution < 1.29 is 18.8 Å². The van der Waals surface area contributed by atoms with Crippen LogP contribution in [0.1, 0.15) is 27.0 Å². The number of amides is 3. The average molecular weight is 398 g/mol. The Hall–Kier alpha value is -2.93. The number of hydrogen-bond acceptors (Lipinski definition) is 4. The first-order valence-electron chi connectivity index (χ1n) is 8.71. The molecule has 1 saturated heterocycles. The smallest absolute Gasteiger partial charge is 0.293 e. The lowest BCUT2D eigenvalue weighted by Crippen LogP contribution is -2.37.